The first-order valence-electron chi connectivity index (χ1n) is 6.84. The van der Waals surface area contributed by atoms with Crippen molar-refractivity contribution in [1.29, 1.82) is 0 Å². The highest BCUT2D eigenvalue weighted by Crippen LogP contribution is 2.30. The number of halogens is 1. The minimum atomic E-state index is -0.0136. The summed E-state index contributed by atoms with van der Waals surface area (Å²) >= 11 is 5.40. The lowest BCUT2D eigenvalue weighted by molar-refractivity contribution is 0.531. The molecule has 1 unspecified atom stereocenters. The van der Waals surface area contributed by atoms with Crippen molar-refractivity contribution < 1.29 is 0 Å². The molecule has 6 heteroatoms. The van der Waals surface area contributed by atoms with Crippen LogP contribution in [0.3, 0.4) is 0 Å². The Balaban J connectivity index is 1.74. The fourth-order valence-corrected chi connectivity index (χ4v) is 3.81. The molecular weight excluding hydrogens is 326 g/mol. The van der Waals surface area contributed by atoms with Crippen LogP contribution in [0.25, 0.3) is 0 Å². The third-order valence-electron chi connectivity index (χ3n) is 3.63. The van der Waals surface area contributed by atoms with Crippen LogP contribution in [0.2, 0.25) is 0 Å². The van der Waals surface area contributed by atoms with Crippen molar-refractivity contribution in [2.45, 2.75) is 38.3 Å². The van der Waals surface area contributed by atoms with Gasteiger partial charge in [0.2, 0.25) is 0 Å². The number of nitrogens with one attached hydrogen (secondary N) is 1. The van der Waals surface area contributed by atoms with Crippen molar-refractivity contribution in [2.75, 3.05) is 16.8 Å². The molecule has 0 aromatic carbocycles. The number of aromatic nitrogens is 2. The summed E-state index contributed by atoms with van der Waals surface area (Å²) in [5.41, 5.74) is 0.824. The molecular formula is C13H18BrN3OS. The standard InChI is InChI=1S/C13H18BrN3OS/c14-12-11(16-10-2-1-5-19-8-10)6-15-17(13(12)18)7-9-3-4-9/h6,9-10,16H,1-5,7-8H2. The second kappa shape index (κ2) is 5.87. The van der Waals surface area contributed by atoms with Crippen molar-refractivity contribution >= 4 is 33.4 Å². The van der Waals surface area contributed by atoms with E-state index in [1.165, 1.54) is 31.4 Å². The molecule has 1 saturated carbocycles. The van der Waals surface area contributed by atoms with E-state index in [9.17, 15) is 4.79 Å². The average Bonchev–Trinajstić information content (AvgIpc) is 3.24. The summed E-state index contributed by atoms with van der Waals surface area (Å²) in [5, 5.41) is 7.73. The van der Waals surface area contributed by atoms with Crippen LogP contribution in [0.15, 0.2) is 15.5 Å². The first-order valence-corrected chi connectivity index (χ1v) is 8.78. The third-order valence-corrected chi connectivity index (χ3v) is 5.61. The van der Waals surface area contributed by atoms with E-state index >= 15 is 0 Å². The zero-order valence-corrected chi connectivity index (χ0v) is 13.2. The number of anilines is 1. The van der Waals surface area contributed by atoms with Gasteiger partial charge in [-0.2, -0.15) is 16.9 Å². The van der Waals surface area contributed by atoms with Crippen LogP contribution < -0.4 is 10.9 Å². The van der Waals surface area contributed by atoms with Crippen molar-refractivity contribution in [3.05, 3.63) is 21.0 Å². The van der Waals surface area contributed by atoms with E-state index in [1.54, 1.807) is 10.9 Å². The van der Waals surface area contributed by atoms with E-state index in [4.69, 9.17) is 0 Å². The van der Waals surface area contributed by atoms with E-state index in [1.807, 2.05) is 11.8 Å². The van der Waals surface area contributed by atoms with Crippen LogP contribution in [-0.4, -0.2) is 27.3 Å². The summed E-state index contributed by atoms with van der Waals surface area (Å²) in [5.74, 6) is 3.02. The molecule has 0 radical (unpaired) electrons. The van der Waals surface area contributed by atoms with Gasteiger partial charge in [0.1, 0.15) is 4.47 Å². The zero-order valence-electron chi connectivity index (χ0n) is 10.8. The molecule has 1 atom stereocenters. The maximum absolute atomic E-state index is 12.2. The summed E-state index contributed by atoms with van der Waals surface area (Å²) in [6.45, 7) is 0.761. The normalized spacial score (nSPS) is 23.3. The van der Waals surface area contributed by atoms with Crippen LogP contribution in [0.5, 0.6) is 0 Å². The molecule has 1 aliphatic carbocycles. The molecule has 1 aromatic heterocycles. The second-order valence-corrected chi connectivity index (χ2v) is 7.30. The molecule has 2 fully saturated rings. The Kier molecular flexibility index (Phi) is 4.17. The molecule has 1 N–H and O–H groups in total. The Morgan fingerprint density at radius 3 is 3.00 bits per heavy atom. The van der Waals surface area contributed by atoms with Crippen molar-refractivity contribution in [3.8, 4) is 0 Å². The predicted octanol–water partition coefficient (Wildman–Crippen LogP) is 2.72. The lowest BCUT2D eigenvalue weighted by Gasteiger charge is -2.23. The topological polar surface area (TPSA) is 46.9 Å². The van der Waals surface area contributed by atoms with Gasteiger partial charge in [0, 0.05) is 18.3 Å². The summed E-state index contributed by atoms with van der Waals surface area (Å²) < 4.78 is 2.21. The largest absolute Gasteiger partial charge is 0.379 e. The van der Waals surface area contributed by atoms with Gasteiger partial charge in [0.05, 0.1) is 11.9 Å². The monoisotopic (exact) mass is 343 g/mol. The van der Waals surface area contributed by atoms with E-state index < -0.39 is 0 Å². The van der Waals surface area contributed by atoms with Gasteiger partial charge in [-0.25, -0.2) is 4.68 Å². The molecule has 1 aliphatic heterocycles. The van der Waals surface area contributed by atoms with Gasteiger partial charge in [-0.1, -0.05) is 0 Å². The molecule has 2 aliphatic rings. The van der Waals surface area contributed by atoms with Gasteiger partial charge in [-0.3, -0.25) is 4.79 Å². The molecule has 0 bridgehead atoms. The Bertz CT molecular complexity index is 509. The highest BCUT2D eigenvalue weighted by molar-refractivity contribution is 9.10. The van der Waals surface area contributed by atoms with Gasteiger partial charge in [0.15, 0.2) is 0 Å². The van der Waals surface area contributed by atoms with Crippen LogP contribution >= 0.6 is 27.7 Å². The quantitative estimate of drug-likeness (QED) is 0.912. The van der Waals surface area contributed by atoms with E-state index in [-0.39, 0.29) is 5.56 Å². The van der Waals surface area contributed by atoms with Crippen LogP contribution in [0.1, 0.15) is 25.7 Å². The van der Waals surface area contributed by atoms with Crippen LogP contribution in [0, 0.1) is 5.92 Å². The number of rotatable bonds is 4. The molecule has 2 heterocycles. The Hall–Kier alpha value is -0.490. The van der Waals surface area contributed by atoms with Gasteiger partial charge in [-0.15, -0.1) is 0 Å². The molecule has 1 aromatic rings. The van der Waals surface area contributed by atoms with Gasteiger partial charge in [-0.05, 0) is 53.3 Å². The first kappa shape index (κ1) is 13.5. The molecule has 104 valence electrons. The Morgan fingerprint density at radius 1 is 1.47 bits per heavy atom. The van der Waals surface area contributed by atoms with Gasteiger partial charge in [0.25, 0.3) is 5.56 Å². The molecule has 4 nitrogen and oxygen atoms in total. The fourth-order valence-electron chi connectivity index (χ4n) is 2.32. The van der Waals surface area contributed by atoms with E-state index in [0.717, 1.165) is 18.0 Å². The predicted molar refractivity (Wildman–Crippen MR) is 82.9 cm³/mol. The summed E-state index contributed by atoms with van der Waals surface area (Å²) in [7, 11) is 0. The highest BCUT2D eigenvalue weighted by atomic mass is 79.9. The van der Waals surface area contributed by atoms with Gasteiger partial charge >= 0.3 is 0 Å². The second-order valence-electron chi connectivity index (χ2n) is 5.36. The third kappa shape index (κ3) is 3.34. The zero-order chi connectivity index (χ0) is 13.2. The summed E-state index contributed by atoms with van der Waals surface area (Å²) in [6, 6.07) is 0.454. The maximum atomic E-state index is 12.2. The van der Waals surface area contributed by atoms with Gasteiger partial charge < -0.3 is 5.32 Å². The van der Waals surface area contributed by atoms with E-state index in [2.05, 4.69) is 26.3 Å². The lowest BCUT2D eigenvalue weighted by Crippen LogP contribution is -2.29. The number of hydrogen-bond acceptors (Lipinski definition) is 4. The van der Waals surface area contributed by atoms with Crippen LogP contribution in [-0.2, 0) is 6.54 Å². The maximum Gasteiger partial charge on any atom is 0.283 e. The molecule has 19 heavy (non-hydrogen) atoms. The first-order chi connectivity index (χ1) is 9.24. The smallest absolute Gasteiger partial charge is 0.283 e. The minimum Gasteiger partial charge on any atom is -0.379 e. The van der Waals surface area contributed by atoms with Crippen molar-refractivity contribution in [3.63, 3.8) is 0 Å². The number of thioether (sulfide) groups is 1. The highest BCUT2D eigenvalue weighted by Gasteiger charge is 2.23. The number of hydrogen-bond donors (Lipinski definition) is 1. The molecule has 3 rings (SSSR count). The Labute approximate surface area is 125 Å². The van der Waals surface area contributed by atoms with Crippen LogP contribution in [0.4, 0.5) is 5.69 Å². The number of nitrogens with zero attached hydrogens (tertiary/aromatic N) is 2. The lowest BCUT2D eigenvalue weighted by atomic mass is 10.2. The van der Waals surface area contributed by atoms with Crippen molar-refractivity contribution in [2.24, 2.45) is 5.92 Å². The minimum absolute atomic E-state index is 0.0136. The Morgan fingerprint density at radius 2 is 2.32 bits per heavy atom. The van der Waals surface area contributed by atoms with Crippen molar-refractivity contribution in [1.82, 2.24) is 9.78 Å². The molecule has 0 spiro atoms. The molecule has 0 amide bonds. The summed E-state index contributed by atoms with van der Waals surface area (Å²) in [4.78, 5) is 12.2. The van der Waals surface area contributed by atoms with E-state index in [0.29, 0.717) is 16.4 Å². The fraction of sp³-hybridized carbons (Fsp3) is 0.692. The summed E-state index contributed by atoms with van der Waals surface area (Å²) in [6.07, 6.45) is 6.65. The molecule has 1 saturated heterocycles. The average molecular weight is 344 g/mol. The SMILES string of the molecule is O=c1c(Br)c(NC2CCCSC2)cnn1CC1CC1.